The van der Waals surface area contributed by atoms with Gasteiger partial charge >= 0.3 is 0 Å². The summed E-state index contributed by atoms with van der Waals surface area (Å²) in [6, 6.07) is 5.24. The summed E-state index contributed by atoms with van der Waals surface area (Å²) in [5.74, 6) is 0.191. The standard InChI is InChI=1S/C16H13Cl2N5OS/c1-23-13(9(7-19-23)8-5-6-8)14(24)20-16-22-21-15(25-16)12-10(17)3-2-4-11(12)18/h2-4,7-8H,5-6H2,1H3,(H,20,22,24). The summed E-state index contributed by atoms with van der Waals surface area (Å²) in [6.45, 7) is 0. The van der Waals surface area contributed by atoms with Crippen molar-refractivity contribution < 1.29 is 4.79 Å². The van der Waals surface area contributed by atoms with E-state index in [0.717, 1.165) is 18.4 Å². The van der Waals surface area contributed by atoms with E-state index in [9.17, 15) is 4.79 Å². The number of amides is 1. The van der Waals surface area contributed by atoms with E-state index in [1.54, 1.807) is 36.1 Å². The number of carbonyl (C=O) groups excluding carboxylic acids is 1. The molecule has 1 saturated carbocycles. The third-order valence-electron chi connectivity index (χ3n) is 4.02. The lowest BCUT2D eigenvalue weighted by Gasteiger charge is -2.04. The highest BCUT2D eigenvalue weighted by Gasteiger charge is 2.31. The molecule has 25 heavy (non-hydrogen) atoms. The van der Waals surface area contributed by atoms with Gasteiger partial charge in [-0.1, -0.05) is 40.6 Å². The maximum absolute atomic E-state index is 12.6. The SMILES string of the molecule is Cn1ncc(C2CC2)c1C(=O)Nc1nnc(-c2c(Cl)cccc2Cl)s1. The molecule has 3 aromatic rings. The lowest BCUT2D eigenvalue weighted by Crippen LogP contribution is -2.17. The predicted octanol–water partition coefficient (Wildman–Crippen LogP) is 4.38. The predicted molar refractivity (Wildman–Crippen MR) is 98.5 cm³/mol. The number of carbonyl (C=O) groups is 1. The van der Waals surface area contributed by atoms with Gasteiger partial charge in [0.1, 0.15) is 5.69 Å². The minimum atomic E-state index is -0.241. The first-order chi connectivity index (χ1) is 12.0. The minimum Gasteiger partial charge on any atom is -0.295 e. The summed E-state index contributed by atoms with van der Waals surface area (Å²) in [7, 11) is 1.76. The molecule has 1 N–H and O–H groups in total. The second-order valence-corrected chi connectivity index (χ2v) is 7.60. The molecule has 1 aliphatic rings. The molecule has 0 aliphatic heterocycles. The molecular weight excluding hydrogens is 381 g/mol. The average molecular weight is 394 g/mol. The Balaban J connectivity index is 1.60. The van der Waals surface area contributed by atoms with E-state index in [2.05, 4.69) is 20.6 Å². The van der Waals surface area contributed by atoms with Gasteiger partial charge in [0, 0.05) is 18.2 Å². The van der Waals surface area contributed by atoms with Gasteiger partial charge in [0.05, 0.1) is 16.2 Å². The molecule has 1 aromatic carbocycles. The van der Waals surface area contributed by atoms with Gasteiger partial charge in [-0.3, -0.25) is 14.8 Å². The molecular formula is C16H13Cl2N5OS. The largest absolute Gasteiger partial charge is 0.295 e. The first kappa shape index (κ1) is 16.5. The summed E-state index contributed by atoms with van der Waals surface area (Å²) < 4.78 is 1.59. The van der Waals surface area contributed by atoms with Gasteiger partial charge in [0.15, 0.2) is 5.01 Å². The number of anilines is 1. The molecule has 9 heteroatoms. The number of aromatic nitrogens is 4. The number of rotatable bonds is 4. The van der Waals surface area contributed by atoms with Crippen molar-refractivity contribution in [2.24, 2.45) is 7.05 Å². The Morgan fingerprint density at radius 2 is 2.00 bits per heavy atom. The van der Waals surface area contributed by atoms with E-state index in [1.807, 2.05) is 0 Å². The van der Waals surface area contributed by atoms with Gasteiger partial charge < -0.3 is 0 Å². The maximum atomic E-state index is 12.6. The lowest BCUT2D eigenvalue weighted by molar-refractivity contribution is 0.101. The summed E-state index contributed by atoms with van der Waals surface area (Å²) in [5.41, 5.74) is 2.16. The van der Waals surface area contributed by atoms with Crippen molar-refractivity contribution in [3.63, 3.8) is 0 Å². The lowest BCUT2D eigenvalue weighted by atomic mass is 10.1. The van der Waals surface area contributed by atoms with Gasteiger partial charge in [-0.25, -0.2) is 0 Å². The van der Waals surface area contributed by atoms with Crippen LogP contribution in [0, 0.1) is 0 Å². The molecule has 4 rings (SSSR count). The molecule has 0 bridgehead atoms. The molecule has 0 spiro atoms. The van der Waals surface area contributed by atoms with Crippen LogP contribution in [0.4, 0.5) is 5.13 Å². The van der Waals surface area contributed by atoms with Crippen molar-refractivity contribution in [1.29, 1.82) is 0 Å². The average Bonchev–Trinajstić information content (AvgIpc) is 3.19. The summed E-state index contributed by atoms with van der Waals surface area (Å²) in [5, 5.41) is 17.1. The minimum absolute atomic E-state index is 0.241. The molecule has 0 radical (unpaired) electrons. The molecule has 1 aliphatic carbocycles. The summed E-state index contributed by atoms with van der Waals surface area (Å²) >= 11 is 13.6. The van der Waals surface area contributed by atoms with Crippen molar-refractivity contribution >= 4 is 45.6 Å². The molecule has 6 nitrogen and oxygen atoms in total. The highest BCUT2D eigenvalue weighted by molar-refractivity contribution is 7.18. The van der Waals surface area contributed by atoms with Gasteiger partial charge in [0.25, 0.3) is 5.91 Å². The topological polar surface area (TPSA) is 72.7 Å². The number of nitrogens with one attached hydrogen (secondary N) is 1. The second-order valence-electron chi connectivity index (χ2n) is 5.81. The van der Waals surface area contributed by atoms with Crippen LogP contribution in [0.2, 0.25) is 10.0 Å². The molecule has 0 atom stereocenters. The molecule has 1 amide bonds. The van der Waals surface area contributed by atoms with Crippen LogP contribution in [0.15, 0.2) is 24.4 Å². The van der Waals surface area contributed by atoms with Crippen molar-refractivity contribution in [2.45, 2.75) is 18.8 Å². The van der Waals surface area contributed by atoms with Crippen LogP contribution in [0.25, 0.3) is 10.6 Å². The fourth-order valence-electron chi connectivity index (χ4n) is 2.66. The number of hydrogen-bond acceptors (Lipinski definition) is 5. The number of aryl methyl sites for hydroxylation is 1. The number of halogens is 2. The van der Waals surface area contributed by atoms with E-state index in [4.69, 9.17) is 23.2 Å². The van der Waals surface area contributed by atoms with Crippen molar-refractivity contribution in [1.82, 2.24) is 20.0 Å². The Labute approximate surface area is 157 Å². The Morgan fingerprint density at radius 1 is 1.28 bits per heavy atom. The first-order valence-electron chi connectivity index (χ1n) is 7.65. The van der Waals surface area contributed by atoms with Crippen LogP contribution in [-0.4, -0.2) is 25.9 Å². The molecule has 0 unspecified atom stereocenters. The Bertz CT molecular complexity index is 943. The first-order valence-corrected chi connectivity index (χ1v) is 9.23. The molecule has 2 aromatic heterocycles. The monoisotopic (exact) mass is 393 g/mol. The fraction of sp³-hybridized carbons (Fsp3) is 0.250. The molecule has 2 heterocycles. The number of hydrogen-bond donors (Lipinski definition) is 1. The summed E-state index contributed by atoms with van der Waals surface area (Å²) in [6.07, 6.45) is 3.96. The smallest absolute Gasteiger partial charge is 0.276 e. The van der Waals surface area contributed by atoms with Crippen LogP contribution in [0.1, 0.15) is 34.8 Å². The summed E-state index contributed by atoms with van der Waals surface area (Å²) in [4.78, 5) is 12.6. The zero-order valence-electron chi connectivity index (χ0n) is 13.2. The quantitative estimate of drug-likeness (QED) is 0.713. The van der Waals surface area contributed by atoms with Crippen molar-refractivity contribution in [3.8, 4) is 10.6 Å². The fourth-order valence-corrected chi connectivity index (χ4v) is 4.16. The van der Waals surface area contributed by atoms with E-state index in [-0.39, 0.29) is 5.91 Å². The zero-order valence-corrected chi connectivity index (χ0v) is 15.5. The van der Waals surface area contributed by atoms with Crippen molar-refractivity contribution in [3.05, 3.63) is 45.7 Å². The van der Waals surface area contributed by atoms with E-state index >= 15 is 0 Å². The van der Waals surface area contributed by atoms with E-state index in [0.29, 0.717) is 37.4 Å². The highest BCUT2D eigenvalue weighted by Crippen LogP contribution is 2.42. The number of nitrogens with zero attached hydrogens (tertiary/aromatic N) is 4. The Kier molecular flexibility index (Phi) is 4.23. The third-order valence-corrected chi connectivity index (χ3v) is 5.51. The Hall–Kier alpha value is -1.96. The molecule has 128 valence electrons. The second kappa shape index (κ2) is 6.40. The maximum Gasteiger partial charge on any atom is 0.276 e. The highest BCUT2D eigenvalue weighted by atomic mass is 35.5. The van der Waals surface area contributed by atoms with E-state index in [1.165, 1.54) is 11.3 Å². The van der Waals surface area contributed by atoms with Crippen LogP contribution in [-0.2, 0) is 7.05 Å². The zero-order chi connectivity index (χ0) is 17.6. The van der Waals surface area contributed by atoms with Gasteiger partial charge in [-0.2, -0.15) is 5.10 Å². The van der Waals surface area contributed by atoms with Gasteiger partial charge in [-0.05, 0) is 30.9 Å². The number of benzene rings is 1. The van der Waals surface area contributed by atoms with Crippen LogP contribution < -0.4 is 5.32 Å². The van der Waals surface area contributed by atoms with Crippen LogP contribution in [0.5, 0.6) is 0 Å². The van der Waals surface area contributed by atoms with Gasteiger partial charge in [0.2, 0.25) is 5.13 Å². The van der Waals surface area contributed by atoms with Crippen LogP contribution in [0.3, 0.4) is 0 Å². The van der Waals surface area contributed by atoms with Crippen LogP contribution >= 0.6 is 34.5 Å². The normalized spacial score (nSPS) is 13.9. The Morgan fingerprint density at radius 3 is 2.68 bits per heavy atom. The molecule has 0 saturated heterocycles. The third kappa shape index (κ3) is 3.15. The van der Waals surface area contributed by atoms with Crippen molar-refractivity contribution in [2.75, 3.05) is 5.32 Å². The molecule has 1 fully saturated rings. The van der Waals surface area contributed by atoms with E-state index < -0.39 is 0 Å². The van der Waals surface area contributed by atoms with Gasteiger partial charge in [-0.15, -0.1) is 10.2 Å².